The first-order valence-electron chi connectivity index (χ1n) is 7.97. The molecular weight excluding hydrogens is 412 g/mol. The van der Waals surface area contributed by atoms with Crippen LogP contribution in [0, 0.1) is 10.1 Å². The average Bonchev–Trinajstić information content (AvgIpc) is 2.69. The molecule has 8 heteroatoms. The van der Waals surface area contributed by atoms with E-state index in [0.717, 1.165) is 21.3 Å². The molecule has 2 aromatic carbocycles. The molecule has 0 saturated carbocycles. The van der Waals surface area contributed by atoms with Crippen molar-refractivity contribution in [2.45, 2.75) is 6.61 Å². The van der Waals surface area contributed by atoms with Crippen LogP contribution in [0.2, 0.25) is 0 Å². The van der Waals surface area contributed by atoms with Crippen molar-refractivity contribution in [3.63, 3.8) is 0 Å². The van der Waals surface area contributed by atoms with Crippen LogP contribution >= 0.6 is 15.9 Å². The summed E-state index contributed by atoms with van der Waals surface area (Å²) in [4.78, 5) is 14.0. The molecule has 0 radical (unpaired) electrons. The zero-order valence-corrected chi connectivity index (χ0v) is 15.7. The highest BCUT2D eigenvalue weighted by Crippen LogP contribution is 2.16. The van der Waals surface area contributed by atoms with Crippen molar-refractivity contribution in [1.29, 1.82) is 0 Å². The number of hydrogen-bond acceptors (Lipinski definition) is 6. The zero-order chi connectivity index (χ0) is 19.1. The Morgan fingerprint density at radius 1 is 1.11 bits per heavy atom. The Labute approximate surface area is 164 Å². The van der Waals surface area contributed by atoms with E-state index in [-0.39, 0.29) is 5.69 Å². The van der Waals surface area contributed by atoms with Crippen LogP contribution in [0.5, 0.6) is 5.75 Å². The highest BCUT2D eigenvalue weighted by molar-refractivity contribution is 9.10. The zero-order valence-electron chi connectivity index (χ0n) is 14.1. The van der Waals surface area contributed by atoms with Gasteiger partial charge in [0.25, 0.3) is 5.69 Å². The summed E-state index contributed by atoms with van der Waals surface area (Å²) in [7, 11) is 0. The second kappa shape index (κ2) is 8.91. The van der Waals surface area contributed by atoms with Gasteiger partial charge in [0, 0.05) is 10.5 Å². The Kier molecular flexibility index (Phi) is 6.11. The first-order chi connectivity index (χ1) is 13.1. The molecule has 0 unspecified atom stereocenters. The first-order valence-corrected chi connectivity index (χ1v) is 8.76. The topological polar surface area (TPSA) is 89.7 Å². The van der Waals surface area contributed by atoms with Gasteiger partial charge in [0.05, 0.1) is 11.1 Å². The van der Waals surface area contributed by atoms with Crippen LogP contribution < -0.4 is 10.2 Å². The maximum absolute atomic E-state index is 10.6. The lowest BCUT2D eigenvalue weighted by Gasteiger charge is -2.06. The summed E-state index contributed by atoms with van der Waals surface area (Å²) in [6.07, 6.45) is 2.80. The first kappa shape index (κ1) is 18.5. The Morgan fingerprint density at radius 3 is 2.48 bits per heavy atom. The van der Waals surface area contributed by atoms with Gasteiger partial charge in [-0.15, -0.1) is 0 Å². The van der Waals surface area contributed by atoms with Crippen LogP contribution in [0.3, 0.4) is 0 Å². The molecule has 3 aromatic rings. The SMILES string of the molecule is O=[N+]([O-])c1ccc(N/N=C/c2ccc(OCc3ccc(Br)cc3)cc2)nc1. The van der Waals surface area contributed by atoms with Gasteiger partial charge in [0.1, 0.15) is 24.4 Å². The molecule has 0 amide bonds. The molecule has 1 heterocycles. The van der Waals surface area contributed by atoms with E-state index in [0.29, 0.717) is 12.4 Å². The van der Waals surface area contributed by atoms with Gasteiger partial charge in [-0.05, 0) is 53.6 Å². The number of ether oxygens (including phenoxy) is 1. The van der Waals surface area contributed by atoms with Crippen LogP contribution in [0.25, 0.3) is 0 Å². The lowest BCUT2D eigenvalue weighted by molar-refractivity contribution is -0.385. The monoisotopic (exact) mass is 426 g/mol. The summed E-state index contributed by atoms with van der Waals surface area (Å²) in [6.45, 7) is 0.494. The number of aromatic nitrogens is 1. The van der Waals surface area contributed by atoms with Crippen molar-refractivity contribution in [3.8, 4) is 5.75 Å². The molecule has 0 aliphatic heterocycles. The number of rotatable bonds is 7. The maximum atomic E-state index is 10.6. The van der Waals surface area contributed by atoms with E-state index in [1.165, 1.54) is 18.3 Å². The van der Waals surface area contributed by atoms with E-state index in [9.17, 15) is 10.1 Å². The summed E-state index contributed by atoms with van der Waals surface area (Å²) in [5.41, 5.74) is 4.62. The third kappa shape index (κ3) is 5.61. The minimum Gasteiger partial charge on any atom is -0.489 e. The van der Waals surface area contributed by atoms with Gasteiger partial charge in [-0.2, -0.15) is 5.10 Å². The van der Waals surface area contributed by atoms with E-state index in [1.54, 1.807) is 6.21 Å². The molecule has 0 bridgehead atoms. The van der Waals surface area contributed by atoms with Crippen molar-refractivity contribution in [2.24, 2.45) is 5.10 Å². The summed E-state index contributed by atoms with van der Waals surface area (Å²) in [5, 5.41) is 14.6. The molecule has 1 aromatic heterocycles. The molecule has 0 aliphatic rings. The number of nitro groups is 1. The molecule has 7 nitrogen and oxygen atoms in total. The second-order valence-electron chi connectivity index (χ2n) is 5.51. The normalized spacial score (nSPS) is 10.7. The van der Waals surface area contributed by atoms with Crippen molar-refractivity contribution >= 4 is 33.6 Å². The Morgan fingerprint density at radius 2 is 1.85 bits per heavy atom. The van der Waals surface area contributed by atoms with Crippen LogP contribution in [0.4, 0.5) is 11.5 Å². The molecule has 136 valence electrons. The van der Waals surface area contributed by atoms with E-state index in [1.807, 2.05) is 48.5 Å². The summed E-state index contributed by atoms with van der Waals surface area (Å²) in [5.74, 6) is 1.19. The third-order valence-electron chi connectivity index (χ3n) is 3.55. The van der Waals surface area contributed by atoms with Crippen molar-refractivity contribution in [2.75, 3.05) is 5.43 Å². The third-order valence-corrected chi connectivity index (χ3v) is 4.08. The van der Waals surface area contributed by atoms with Gasteiger partial charge in [0.15, 0.2) is 0 Å². The molecule has 27 heavy (non-hydrogen) atoms. The quantitative estimate of drug-likeness (QED) is 0.333. The van der Waals surface area contributed by atoms with Gasteiger partial charge >= 0.3 is 0 Å². The fourth-order valence-electron chi connectivity index (χ4n) is 2.13. The minimum atomic E-state index is -0.500. The number of hydrazone groups is 1. The van der Waals surface area contributed by atoms with E-state index in [4.69, 9.17) is 4.74 Å². The highest BCUT2D eigenvalue weighted by Gasteiger charge is 2.04. The highest BCUT2D eigenvalue weighted by atomic mass is 79.9. The predicted molar refractivity (Wildman–Crippen MR) is 107 cm³/mol. The Hall–Kier alpha value is -3.26. The molecule has 1 N–H and O–H groups in total. The largest absolute Gasteiger partial charge is 0.489 e. The summed E-state index contributed by atoms with van der Waals surface area (Å²) < 4.78 is 6.79. The number of halogens is 1. The van der Waals surface area contributed by atoms with E-state index in [2.05, 4.69) is 31.4 Å². The van der Waals surface area contributed by atoms with Crippen molar-refractivity contribution in [3.05, 3.63) is 92.6 Å². The molecule has 3 rings (SSSR count). The molecule has 0 saturated heterocycles. The van der Waals surface area contributed by atoms with Crippen molar-refractivity contribution in [1.82, 2.24) is 4.98 Å². The molecular formula is C19H15BrN4O3. The number of hydrogen-bond donors (Lipinski definition) is 1. The fraction of sp³-hybridized carbons (Fsp3) is 0.0526. The van der Waals surface area contributed by atoms with Gasteiger partial charge < -0.3 is 4.74 Å². The summed E-state index contributed by atoms with van der Waals surface area (Å²) in [6, 6.07) is 18.3. The molecule has 0 atom stereocenters. The number of anilines is 1. The van der Waals surface area contributed by atoms with Crippen LogP contribution in [0.15, 0.2) is 76.4 Å². The van der Waals surface area contributed by atoms with Crippen LogP contribution in [-0.4, -0.2) is 16.1 Å². The summed E-state index contributed by atoms with van der Waals surface area (Å²) >= 11 is 3.40. The number of nitrogens with zero attached hydrogens (tertiary/aromatic N) is 3. The fourth-order valence-corrected chi connectivity index (χ4v) is 2.39. The lowest BCUT2D eigenvalue weighted by Crippen LogP contribution is -1.96. The van der Waals surface area contributed by atoms with E-state index >= 15 is 0 Å². The molecule has 0 spiro atoms. The number of nitrogens with one attached hydrogen (secondary N) is 1. The van der Waals surface area contributed by atoms with Crippen LogP contribution in [0.1, 0.15) is 11.1 Å². The smallest absolute Gasteiger partial charge is 0.287 e. The van der Waals surface area contributed by atoms with Gasteiger partial charge in [-0.1, -0.05) is 28.1 Å². The number of benzene rings is 2. The standard InChI is InChI=1S/C19H15BrN4O3/c20-16-5-1-15(2-6-16)13-27-18-8-3-14(4-9-18)11-22-23-19-10-7-17(12-21-19)24(25)26/h1-12H,13H2,(H,21,23)/b22-11+. The average molecular weight is 427 g/mol. The lowest BCUT2D eigenvalue weighted by atomic mass is 10.2. The van der Waals surface area contributed by atoms with E-state index < -0.39 is 4.92 Å². The second-order valence-corrected chi connectivity index (χ2v) is 6.43. The molecule has 0 fully saturated rings. The Bertz CT molecular complexity index is 927. The van der Waals surface area contributed by atoms with Gasteiger partial charge in [-0.25, -0.2) is 4.98 Å². The van der Waals surface area contributed by atoms with Crippen LogP contribution in [-0.2, 0) is 6.61 Å². The molecule has 0 aliphatic carbocycles. The van der Waals surface area contributed by atoms with Gasteiger partial charge in [0.2, 0.25) is 0 Å². The van der Waals surface area contributed by atoms with Gasteiger partial charge in [-0.3, -0.25) is 15.5 Å². The minimum absolute atomic E-state index is 0.0664. The van der Waals surface area contributed by atoms with Crippen molar-refractivity contribution < 1.29 is 9.66 Å². The Balaban J connectivity index is 1.51. The maximum Gasteiger partial charge on any atom is 0.287 e. The number of pyridine rings is 1. The predicted octanol–water partition coefficient (Wildman–Crippen LogP) is 4.78.